The molecule has 4 rings (SSSR count). The Morgan fingerprint density at radius 3 is 2.65 bits per heavy atom. The Labute approximate surface area is 187 Å². The lowest BCUT2D eigenvalue weighted by Gasteiger charge is -2.49. The molecule has 0 N–H and O–H groups in total. The number of amides is 2. The van der Waals surface area contributed by atoms with Crippen molar-refractivity contribution in [2.24, 2.45) is 0 Å². The molecule has 2 fully saturated rings. The standard InChI is InChI=1S/C23H27ClN4O3/c1-17(15-31-2)27-14-21(29)28(13-18-6-8-19(24)9-7-18)23(22(27)30)10-12-26(16-23)20-5-3-4-11-25-20/h3-9,11,17H,10,12-16H2,1-2H3. The number of methoxy groups -OCH3 is 1. The van der Waals surface area contributed by atoms with E-state index in [0.29, 0.717) is 37.7 Å². The Bertz CT molecular complexity index is 940. The van der Waals surface area contributed by atoms with Crippen LogP contribution in [0.2, 0.25) is 5.02 Å². The lowest BCUT2D eigenvalue weighted by Crippen LogP contribution is -2.70. The Hall–Kier alpha value is -2.64. The summed E-state index contributed by atoms with van der Waals surface area (Å²) in [5.41, 5.74) is 0.00806. The van der Waals surface area contributed by atoms with Gasteiger partial charge in [0.05, 0.1) is 19.2 Å². The van der Waals surface area contributed by atoms with Crippen molar-refractivity contribution in [1.29, 1.82) is 0 Å². The van der Waals surface area contributed by atoms with Crippen molar-refractivity contribution < 1.29 is 14.3 Å². The van der Waals surface area contributed by atoms with Crippen LogP contribution in [0.15, 0.2) is 48.7 Å². The summed E-state index contributed by atoms with van der Waals surface area (Å²) in [5, 5.41) is 0.640. The number of halogens is 1. The molecule has 0 aliphatic carbocycles. The van der Waals surface area contributed by atoms with Crippen LogP contribution in [0.5, 0.6) is 0 Å². The van der Waals surface area contributed by atoms with Gasteiger partial charge >= 0.3 is 0 Å². The average molecular weight is 443 g/mol. The van der Waals surface area contributed by atoms with E-state index in [9.17, 15) is 9.59 Å². The Kier molecular flexibility index (Phi) is 6.16. The van der Waals surface area contributed by atoms with Crippen LogP contribution in [0, 0.1) is 0 Å². The second-order valence-electron chi connectivity index (χ2n) is 8.23. The van der Waals surface area contributed by atoms with Crippen molar-refractivity contribution in [3.63, 3.8) is 0 Å². The summed E-state index contributed by atoms with van der Waals surface area (Å²) < 4.78 is 5.26. The van der Waals surface area contributed by atoms with Gasteiger partial charge in [0.1, 0.15) is 17.9 Å². The first-order valence-electron chi connectivity index (χ1n) is 10.5. The zero-order valence-electron chi connectivity index (χ0n) is 17.8. The monoisotopic (exact) mass is 442 g/mol. The highest BCUT2D eigenvalue weighted by molar-refractivity contribution is 6.30. The minimum Gasteiger partial charge on any atom is -0.383 e. The van der Waals surface area contributed by atoms with Crippen molar-refractivity contribution in [3.8, 4) is 0 Å². The van der Waals surface area contributed by atoms with Crippen LogP contribution < -0.4 is 4.90 Å². The van der Waals surface area contributed by atoms with Crippen molar-refractivity contribution in [2.75, 3.05) is 38.3 Å². The van der Waals surface area contributed by atoms with E-state index in [1.54, 1.807) is 23.1 Å². The fraction of sp³-hybridized carbons (Fsp3) is 0.435. The van der Waals surface area contributed by atoms with Crippen LogP contribution in [0.1, 0.15) is 18.9 Å². The summed E-state index contributed by atoms with van der Waals surface area (Å²) in [4.78, 5) is 37.2. The van der Waals surface area contributed by atoms with Crippen LogP contribution >= 0.6 is 11.6 Å². The molecule has 0 saturated carbocycles. The minimum atomic E-state index is -0.936. The van der Waals surface area contributed by atoms with Gasteiger partial charge in [-0.15, -0.1) is 0 Å². The average Bonchev–Trinajstić information content (AvgIpc) is 3.22. The molecule has 2 saturated heterocycles. The van der Waals surface area contributed by atoms with E-state index in [4.69, 9.17) is 16.3 Å². The number of piperazine rings is 1. The SMILES string of the molecule is COCC(C)N1CC(=O)N(Cc2ccc(Cl)cc2)C2(CCN(c3ccccn3)C2)C1=O. The number of benzene rings is 1. The summed E-state index contributed by atoms with van der Waals surface area (Å²) in [6.45, 7) is 3.80. The second-order valence-corrected chi connectivity index (χ2v) is 8.67. The first kappa shape index (κ1) is 21.6. The Morgan fingerprint density at radius 2 is 1.97 bits per heavy atom. The molecule has 1 spiro atoms. The number of carbonyl (C=O) groups is 2. The summed E-state index contributed by atoms with van der Waals surface area (Å²) >= 11 is 6.03. The van der Waals surface area contributed by atoms with E-state index in [1.807, 2.05) is 49.4 Å². The molecule has 2 unspecified atom stereocenters. The summed E-state index contributed by atoms with van der Waals surface area (Å²) in [6.07, 6.45) is 2.30. The smallest absolute Gasteiger partial charge is 0.251 e. The molecule has 8 heteroatoms. The number of nitrogens with zero attached hydrogens (tertiary/aromatic N) is 4. The summed E-state index contributed by atoms with van der Waals surface area (Å²) in [5.74, 6) is 0.734. The maximum absolute atomic E-state index is 13.9. The predicted molar refractivity (Wildman–Crippen MR) is 119 cm³/mol. The highest BCUT2D eigenvalue weighted by Crippen LogP contribution is 2.37. The van der Waals surface area contributed by atoms with Gasteiger partial charge in [0.15, 0.2) is 0 Å². The second kappa shape index (κ2) is 8.85. The van der Waals surface area contributed by atoms with E-state index in [0.717, 1.165) is 11.4 Å². The van der Waals surface area contributed by atoms with E-state index < -0.39 is 5.54 Å². The summed E-state index contributed by atoms with van der Waals surface area (Å²) in [6, 6.07) is 13.0. The number of anilines is 1. The van der Waals surface area contributed by atoms with Crippen LogP contribution in [0.3, 0.4) is 0 Å². The lowest BCUT2D eigenvalue weighted by atomic mass is 9.89. The zero-order chi connectivity index (χ0) is 22.0. The van der Waals surface area contributed by atoms with Crippen molar-refractivity contribution in [2.45, 2.75) is 31.5 Å². The van der Waals surface area contributed by atoms with Crippen LogP contribution in [0.4, 0.5) is 5.82 Å². The Morgan fingerprint density at radius 1 is 1.19 bits per heavy atom. The van der Waals surface area contributed by atoms with Gasteiger partial charge in [-0.3, -0.25) is 9.59 Å². The number of hydrogen-bond acceptors (Lipinski definition) is 5. The summed E-state index contributed by atoms with van der Waals surface area (Å²) in [7, 11) is 1.60. The predicted octanol–water partition coefficient (Wildman–Crippen LogP) is 2.59. The van der Waals surface area contributed by atoms with Gasteiger partial charge < -0.3 is 19.4 Å². The largest absolute Gasteiger partial charge is 0.383 e. The molecular weight excluding hydrogens is 416 g/mol. The topological polar surface area (TPSA) is 66.0 Å². The molecule has 164 valence electrons. The third-order valence-electron chi connectivity index (χ3n) is 6.20. The molecule has 1 aromatic heterocycles. The molecule has 1 aromatic carbocycles. The first-order valence-corrected chi connectivity index (χ1v) is 10.8. The lowest BCUT2D eigenvalue weighted by molar-refractivity contribution is -0.167. The molecule has 7 nitrogen and oxygen atoms in total. The maximum Gasteiger partial charge on any atom is 0.251 e. The molecule has 0 radical (unpaired) electrons. The van der Waals surface area contributed by atoms with Gasteiger partial charge in [-0.05, 0) is 43.2 Å². The third-order valence-corrected chi connectivity index (χ3v) is 6.45. The molecule has 0 bridgehead atoms. The van der Waals surface area contributed by atoms with Gasteiger partial charge in [-0.1, -0.05) is 29.8 Å². The maximum atomic E-state index is 13.9. The van der Waals surface area contributed by atoms with Gasteiger partial charge in [-0.25, -0.2) is 4.98 Å². The molecule has 2 atom stereocenters. The van der Waals surface area contributed by atoms with Crippen LogP contribution in [-0.4, -0.2) is 71.5 Å². The number of aromatic nitrogens is 1. The van der Waals surface area contributed by atoms with Crippen LogP contribution in [-0.2, 0) is 20.9 Å². The number of rotatable bonds is 6. The van der Waals surface area contributed by atoms with E-state index in [-0.39, 0.29) is 24.4 Å². The molecular formula is C23H27ClN4O3. The third kappa shape index (κ3) is 4.12. The van der Waals surface area contributed by atoms with Crippen molar-refractivity contribution >= 4 is 29.2 Å². The zero-order valence-corrected chi connectivity index (χ0v) is 18.6. The van der Waals surface area contributed by atoms with Crippen molar-refractivity contribution in [3.05, 3.63) is 59.2 Å². The molecule has 2 aliphatic heterocycles. The molecule has 2 amide bonds. The molecule has 2 aliphatic rings. The highest BCUT2D eigenvalue weighted by Gasteiger charge is 2.56. The molecule has 31 heavy (non-hydrogen) atoms. The fourth-order valence-electron chi connectivity index (χ4n) is 4.55. The van der Waals surface area contributed by atoms with E-state index >= 15 is 0 Å². The highest BCUT2D eigenvalue weighted by atomic mass is 35.5. The van der Waals surface area contributed by atoms with E-state index in [1.165, 1.54) is 0 Å². The first-order chi connectivity index (χ1) is 14.9. The number of carbonyl (C=O) groups excluding carboxylic acids is 2. The van der Waals surface area contributed by atoms with E-state index in [2.05, 4.69) is 9.88 Å². The van der Waals surface area contributed by atoms with Crippen LogP contribution in [0.25, 0.3) is 0 Å². The van der Waals surface area contributed by atoms with Gasteiger partial charge in [-0.2, -0.15) is 0 Å². The Balaban J connectivity index is 1.68. The number of pyridine rings is 1. The van der Waals surface area contributed by atoms with Gasteiger partial charge in [0.25, 0.3) is 5.91 Å². The number of ether oxygens (including phenoxy) is 1. The minimum absolute atomic E-state index is 0.0240. The number of hydrogen-bond donors (Lipinski definition) is 0. The quantitative estimate of drug-likeness (QED) is 0.688. The van der Waals surface area contributed by atoms with Gasteiger partial charge in [0, 0.05) is 31.4 Å². The normalized spacial score (nSPS) is 22.5. The molecule has 3 heterocycles. The van der Waals surface area contributed by atoms with Gasteiger partial charge in [0.2, 0.25) is 5.91 Å². The van der Waals surface area contributed by atoms with Crippen molar-refractivity contribution in [1.82, 2.24) is 14.8 Å². The molecule has 2 aromatic rings. The fourth-order valence-corrected chi connectivity index (χ4v) is 4.67.